The van der Waals surface area contributed by atoms with Gasteiger partial charge in [-0.15, -0.1) is 0 Å². The van der Waals surface area contributed by atoms with Crippen molar-refractivity contribution in [3.05, 3.63) is 101 Å². The lowest BCUT2D eigenvalue weighted by Crippen LogP contribution is -2.24. The second-order valence-corrected chi connectivity index (χ2v) is 6.86. The molecule has 0 spiro atoms. The highest BCUT2D eigenvalue weighted by Gasteiger charge is 2.24. The number of aryl methyl sites for hydroxylation is 1. The van der Waals surface area contributed by atoms with Gasteiger partial charge in [0.25, 0.3) is 5.91 Å². The minimum absolute atomic E-state index is 0.207. The Balaban J connectivity index is 1.44. The maximum absolute atomic E-state index is 12.8. The Morgan fingerprint density at radius 3 is 2.77 bits per heavy atom. The Hall–Kier alpha value is -4.31. The van der Waals surface area contributed by atoms with Crippen molar-refractivity contribution in [3.8, 4) is 17.7 Å². The number of nitrogens with zero attached hydrogens (tertiary/aromatic N) is 3. The van der Waals surface area contributed by atoms with Gasteiger partial charge in [-0.3, -0.25) is 14.3 Å². The highest BCUT2D eigenvalue weighted by molar-refractivity contribution is 5.98. The number of amides is 1. The lowest BCUT2D eigenvalue weighted by molar-refractivity contribution is 0.0949. The summed E-state index contributed by atoms with van der Waals surface area (Å²) in [6.07, 6.45) is 5.24. The molecule has 3 aromatic heterocycles. The van der Waals surface area contributed by atoms with Gasteiger partial charge < -0.3 is 14.5 Å². The normalized spacial score (nSPS) is 10.5. The number of ether oxygens (including phenoxy) is 1. The van der Waals surface area contributed by atoms with Crippen LogP contribution in [0.25, 0.3) is 5.88 Å². The topological polar surface area (TPSA) is 93.1 Å². The first-order valence-electron chi connectivity index (χ1n) is 9.72. The molecule has 7 nitrogen and oxygen atoms in total. The maximum Gasteiger partial charge on any atom is 0.256 e. The van der Waals surface area contributed by atoms with Gasteiger partial charge in [0.05, 0.1) is 5.69 Å². The molecule has 4 rings (SSSR count). The second kappa shape index (κ2) is 9.01. The van der Waals surface area contributed by atoms with Gasteiger partial charge >= 0.3 is 0 Å². The number of pyridine rings is 1. The summed E-state index contributed by atoms with van der Waals surface area (Å²) in [5, 5.41) is 12.5. The Kier molecular flexibility index (Phi) is 5.81. The molecule has 7 heteroatoms. The summed E-state index contributed by atoms with van der Waals surface area (Å²) in [5.41, 5.74) is 2.16. The van der Waals surface area contributed by atoms with Gasteiger partial charge in [-0.2, -0.15) is 5.26 Å². The molecule has 0 aliphatic heterocycles. The highest BCUT2D eigenvalue weighted by Crippen LogP contribution is 2.25. The third kappa shape index (κ3) is 4.49. The Bertz CT molecular complexity index is 1220. The fourth-order valence-corrected chi connectivity index (χ4v) is 3.22. The molecule has 3 heterocycles. The average molecular weight is 412 g/mol. The molecule has 31 heavy (non-hydrogen) atoms. The van der Waals surface area contributed by atoms with E-state index in [2.05, 4.69) is 16.4 Å². The van der Waals surface area contributed by atoms with Crippen molar-refractivity contribution in [3.63, 3.8) is 0 Å². The summed E-state index contributed by atoms with van der Waals surface area (Å²) in [4.78, 5) is 17.1. The van der Waals surface area contributed by atoms with Crippen LogP contribution < -0.4 is 10.1 Å². The molecule has 1 aromatic carbocycles. The number of hydrogen-bond acceptors (Lipinski definition) is 5. The smallest absolute Gasteiger partial charge is 0.256 e. The summed E-state index contributed by atoms with van der Waals surface area (Å²) >= 11 is 0. The third-order valence-corrected chi connectivity index (χ3v) is 4.71. The number of carbonyl (C=O) groups is 1. The number of benzene rings is 1. The van der Waals surface area contributed by atoms with E-state index in [0.717, 1.165) is 11.3 Å². The van der Waals surface area contributed by atoms with Gasteiger partial charge in [0.15, 0.2) is 0 Å². The van der Waals surface area contributed by atoms with Gasteiger partial charge in [0.1, 0.15) is 35.3 Å². The Labute approximate surface area is 179 Å². The van der Waals surface area contributed by atoms with E-state index in [1.165, 1.54) is 0 Å². The first-order valence-corrected chi connectivity index (χ1v) is 9.72. The van der Waals surface area contributed by atoms with Crippen LogP contribution in [0.1, 0.15) is 32.9 Å². The van der Waals surface area contributed by atoms with Crippen molar-refractivity contribution in [2.45, 2.75) is 20.1 Å². The van der Waals surface area contributed by atoms with Crippen LogP contribution in [0.4, 0.5) is 0 Å². The van der Waals surface area contributed by atoms with E-state index in [0.29, 0.717) is 24.0 Å². The van der Waals surface area contributed by atoms with E-state index in [9.17, 15) is 10.1 Å². The Morgan fingerprint density at radius 1 is 1.19 bits per heavy atom. The van der Waals surface area contributed by atoms with Gasteiger partial charge in [-0.05, 0) is 48.9 Å². The molecule has 0 bridgehead atoms. The largest absolute Gasteiger partial charge is 0.487 e. The molecule has 0 unspecified atom stereocenters. The van der Waals surface area contributed by atoms with E-state index >= 15 is 0 Å². The molecule has 0 aliphatic rings. The predicted octanol–water partition coefficient (Wildman–Crippen LogP) is 4.15. The first-order chi connectivity index (χ1) is 15.2. The molecule has 0 saturated carbocycles. The van der Waals surface area contributed by atoms with Crippen LogP contribution >= 0.6 is 0 Å². The number of nitrogens with one attached hydrogen (secondary N) is 1. The molecule has 0 saturated heterocycles. The monoisotopic (exact) mass is 412 g/mol. The van der Waals surface area contributed by atoms with Gasteiger partial charge in [-0.1, -0.05) is 18.2 Å². The summed E-state index contributed by atoms with van der Waals surface area (Å²) in [5.74, 6) is 1.05. The van der Waals surface area contributed by atoms with Gasteiger partial charge in [0, 0.05) is 25.1 Å². The lowest BCUT2D eigenvalue weighted by atomic mass is 10.1. The zero-order chi connectivity index (χ0) is 21.6. The molecule has 0 aliphatic carbocycles. The van der Waals surface area contributed by atoms with Crippen molar-refractivity contribution >= 4 is 5.91 Å². The predicted molar refractivity (Wildman–Crippen MR) is 114 cm³/mol. The number of rotatable bonds is 7. The van der Waals surface area contributed by atoms with Crippen molar-refractivity contribution < 1.29 is 13.9 Å². The average Bonchev–Trinajstić information content (AvgIpc) is 3.44. The molecule has 0 fully saturated rings. The van der Waals surface area contributed by atoms with Crippen LogP contribution in [0, 0.1) is 18.3 Å². The molecule has 154 valence electrons. The summed E-state index contributed by atoms with van der Waals surface area (Å²) in [6, 6.07) is 18.9. The number of furan rings is 1. The zero-order valence-electron chi connectivity index (χ0n) is 16.9. The van der Waals surface area contributed by atoms with Crippen molar-refractivity contribution in [2.24, 2.45) is 0 Å². The lowest BCUT2D eigenvalue weighted by Gasteiger charge is -2.09. The van der Waals surface area contributed by atoms with Crippen molar-refractivity contribution in [1.29, 1.82) is 5.26 Å². The molecular formula is C24H20N4O3. The SMILES string of the molecule is Cc1oc(-n2cccc2)c(C#N)c1C(=O)NCc1cccc(OCc2ccccn2)c1. The number of aromatic nitrogens is 2. The standard InChI is InChI=1S/C24H20N4O3/c1-17-22(21(14-25)24(31-17)28-11-4-5-12-28)23(29)27-15-18-7-6-9-20(13-18)30-16-19-8-2-3-10-26-19/h2-13H,15-16H2,1H3,(H,27,29). The minimum atomic E-state index is -0.365. The molecule has 1 N–H and O–H groups in total. The van der Waals surface area contributed by atoms with E-state index in [1.807, 2.05) is 54.6 Å². The fourth-order valence-electron chi connectivity index (χ4n) is 3.22. The Morgan fingerprint density at radius 2 is 2.03 bits per heavy atom. The first kappa shape index (κ1) is 20.0. The minimum Gasteiger partial charge on any atom is -0.487 e. The van der Waals surface area contributed by atoms with Crippen LogP contribution in [-0.2, 0) is 13.2 Å². The highest BCUT2D eigenvalue weighted by atomic mass is 16.5. The van der Waals surface area contributed by atoms with Crippen molar-refractivity contribution in [1.82, 2.24) is 14.9 Å². The van der Waals surface area contributed by atoms with Gasteiger partial charge in [0.2, 0.25) is 5.88 Å². The maximum atomic E-state index is 12.8. The van der Waals surface area contributed by atoms with E-state index in [4.69, 9.17) is 9.15 Å². The van der Waals surface area contributed by atoms with Crippen LogP contribution in [0.15, 0.2) is 77.6 Å². The quantitative estimate of drug-likeness (QED) is 0.492. The van der Waals surface area contributed by atoms with Crippen LogP contribution in [0.3, 0.4) is 0 Å². The molecule has 4 aromatic rings. The molecule has 0 atom stereocenters. The third-order valence-electron chi connectivity index (χ3n) is 4.71. The van der Waals surface area contributed by atoms with Crippen LogP contribution in [0.2, 0.25) is 0 Å². The fraction of sp³-hybridized carbons (Fsp3) is 0.125. The van der Waals surface area contributed by atoms with E-state index < -0.39 is 0 Å². The van der Waals surface area contributed by atoms with E-state index in [-0.39, 0.29) is 23.6 Å². The zero-order valence-corrected chi connectivity index (χ0v) is 16.9. The molecular weight excluding hydrogens is 392 g/mol. The number of carbonyl (C=O) groups excluding carboxylic acids is 1. The summed E-state index contributed by atoms with van der Waals surface area (Å²) < 4.78 is 13.2. The number of nitriles is 1. The second-order valence-electron chi connectivity index (χ2n) is 6.86. The summed E-state index contributed by atoms with van der Waals surface area (Å²) in [7, 11) is 0. The summed E-state index contributed by atoms with van der Waals surface area (Å²) in [6.45, 7) is 2.32. The molecule has 0 radical (unpaired) electrons. The van der Waals surface area contributed by atoms with Crippen LogP contribution in [0.5, 0.6) is 5.75 Å². The number of hydrogen-bond donors (Lipinski definition) is 1. The van der Waals surface area contributed by atoms with Crippen molar-refractivity contribution in [2.75, 3.05) is 0 Å². The molecule has 1 amide bonds. The van der Waals surface area contributed by atoms with E-state index in [1.54, 1.807) is 30.1 Å². The van der Waals surface area contributed by atoms with Gasteiger partial charge in [-0.25, -0.2) is 0 Å². The van der Waals surface area contributed by atoms with Crippen LogP contribution in [-0.4, -0.2) is 15.5 Å².